The van der Waals surface area contributed by atoms with Crippen molar-refractivity contribution in [1.29, 1.82) is 0 Å². The molecule has 0 amide bonds. The first kappa shape index (κ1) is 14.4. The van der Waals surface area contributed by atoms with Crippen molar-refractivity contribution in [2.75, 3.05) is 13.6 Å². The molecule has 0 aromatic carbocycles. The summed E-state index contributed by atoms with van der Waals surface area (Å²) in [6, 6.07) is 2.05. The number of hydrogen-bond donors (Lipinski definition) is 1. The molecule has 0 bridgehead atoms. The zero-order chi connectivity index (χ0) is 13.1. The quantitative estimate of drug-likeness (QED) is 0.840. The molecule has 1 aliphatic carbocycles. The van der Waals surface area contributed by atoms with Crippen molar-refractivity contribution in [2.24, 2.45) is 17.8 Å². The van der Waals surface area contributed by atoms with E-state index in [0.29, 0.717) is 5.92 Å². The number of rotatable bonds is 4. The molecule has 0 saturated heterocycles. The Morgan fingerprint density at radius 3 is 2.78 bits per heavy atom. The summed E-state index contributed by atoms with van der Waals surface area (Å²) >= 11 is 8.20. The summed E-state index contributed by atoms with van der Waals surface area (Å²) in [6.45, 7) is 5.83. The minimum Gasteiger partial charge on any atom is -0.319 e. The van der Waals surface area contributed by atoms with Gasteiger partial charge in [0.15, 0.2) is 0 Å². The lowest BCUT2D eigenvalue weighted by Crippen LogP contribution is -2.31. The minimum atomic E-state index is 0.658. The zero-order valence-corrected chi connectivity index (χ0v) is 13.2. The second-order valence-corrected chi connectivity index (χ2v) is 7.23. The average Bonchev–Trinajstić information content (AvgIpc) is 2.76. The van der Waals surface area contributed by atoms with Crippen LogP contribution in [-0.4, -0.2) is 13.6 Å². The van der Waals surface area contributed by atoms with Crippen LogP contribution < -0.4 is 5.32 Å². The molecule has 1 fully saturated rings. The molecule has 0 radical (unpaired) electrons. The van der Waals surface area contributed by atoms with Crippen LogP contribution in [0.3, 0.4) is 0 Å². The number of halogens is 1. The SMILES string of the molecule is CNCC1CCC(C(C)C)CC1c1sccc1Cl. The second-order valence-electron chi connectivity index (χ2n) is 5.87. The maximum atomic E-state index is 6.36. The molecule has 0 spiro atoms. The standard InChI is InChI=1S/C15H24ClNS/c1-10(2)11-4-5-12(9-17-3)13(8-11)15-14(16)6-7-18-15/h6-7,10-13,17H,4-5,8-9H2,1-3H3. The topological polar surface area (TPSA) is 12.0 Å². The third-order valence-corrected chi connectivity index (χ3v) is 5.92. The molecule has 2 rings (SSSR count). The van der Waals surface area contributed by atoms with Gasteiger partial charge in [-0.2, -0.15) is 0 Å². The largest absolute Gasteiger partial charge is 0.319 e. The summed E-state index contributed by atoms with van der Waals surface area (Å²) in [6.07, 6.45) is 4.02. The lowest BCUT2D eigenvalue weighted by Gasteiger charge is -2.37. The summed E-state index contributed by atoms with van der Waals surface area (Å²) in [7, 11) is 2.06. The first-order chi connectivity index (χ1) is 8.63. The Labute approximate surface area is 120 Å². The first-order valence-electron chi connectivity index (χ1n) is 7.01. The predicted molar refractivity (Wildman–Crippen MR) is 81.7 cm³/mol. The number of hydrogen-bond acceptors (Lipinski definition) is 2. The molecule has 1 aromatic heterocycles. The Morgan fingerprint density at radius 2 is 2.22 bits per heavy atom. The van der Waals surface area contributed by atoms with E-state index in [1.807, 2.05) is 11.3 Å². The molecule has 0 aliphatic heterocycles. The molecule has 1 saturated carbocycles. The highest BCUT2D eigenvalue weighted by molar-refractivity contribution is 7.10. The van der Waals surface area contributed by atoms with Gasteiger partial charge in [0.2, 0.25) is 0 Å². The lowest BCUT2D eigenvalue weighted by molar-refractivity contribution is 0.194. The molecule has 3 unspecified atom stereocenters. The van der Waals surface area contributed by atoms with Crippen LogP contribution in [0.4, 0.5) is 0 Å². The van der Waals surface area contributed by atoms with Crippen molar-refractivity contribution in [3.63, 3.8) is 0 Å². The molecule has 3 atom stereocenters. The van der Waals surface area contributed by atoms with Gasteiger partial charge in [0.05, 0.1) is 5.02 Å². The minimum absolute atomic E-state index is 0.658. The molecular weight excluding hydrogens is 262 g/mol. The van der Waals surface area contributed by atoms with E-state index < -0.39 is 0 Å². The van der Waals surface area contributed by atoms with Crippen LogP contribution >= 0.6 is 22.9 Å². The van der Waals surface area contributed by atoms with Crippen molar-refractivity contribution in [2.45, 2.75) is 39.0 Å². The second kappa shape index (κ2) is 6.40. The van der Waals surface area contributed by atoms with Crippen molar-refractivity contribution in [3.8, 4) is 0 Å². The fourth-order valence-corrected chi connectivity index (χ4v) is 4.68. The van der Waals surface area contributed by atoms with Crippen molar-refractivity contribution >= 4 is 22.9 Å². The normalized spacial score (nSPS) is 28.8. The molecule has 3 heteroatoms. The van der Waals surface area contributed by atoms with Crippen LogP contribution in [0.2, 0.25) is 5.02 Å². The van der Waals surface area contributed by atoms with Gasteiger partial charge in [-0.25, -0.2) is 0 Å². The van der Waals surface area contributed by atoms with Crippen LogP contribution in [0.1, 0.15) is 43.9 Å². The van der Waals surface area contributed by atoms with Crippen LogP contribution in [0.15, 0.2) is 11.4 Å². The maximum absolute atomic E-state index is 6.36. The van der Waals surface area contributed by atoms with Gasteiger partial charge in [0, 0.05) is 4.88 Å². The van der Waals surface area contributed by atoms with E-state index in [1.54, 1.807) is 0 Å². The monoisotopic (exact) mass is 285 g/mol. The Balaban J connectivity index is 2.17. The number of nitrogens with one attached hydrogen (secondary N) is 1. The van der Waals surface area contributed by atoms with Crippen LogP contribution in [0.25, 0.3) is 0 Å². The smallest absolute Gasteiger partial charge is 0.0547 e. The summed E-state index contributed by atoms with van der Waals surface area (Å²) in [4.78, 5) is 1.42. The van der Waals surface area contributed by atoms with Gasteiger partial charge in [0.25, 0.3) is 0 Å². The van der Waals surface area contributed by atoms with E-state index >= 15 is 0 Å². The van der Waals surface area contributed by atoms with Gasteiger partial charge in [-0.3, -0.25) is 0 Å². The fraction of sp³-hybridized carbons (Fsp3) is 0.733. The van der Waals surface area contributed by atoms with E-state index in [0.717, 1.165) is 29.3 Å². The van der Waals surface area contributed by atoms with Gasteiger partial charge >= 0.3 is 0 Å². The van der Waals surface area contributed by atoms with Crippen LogP contribution in [-0.2, 0) is 0 Å². The Morgan fingerprint density at radius 1 is 1.44 bits per heavy atom. The average molecular weight is 286 g/mol. The molecule has 1 heterocycles. The highest BCUT2D eigenvalue weighted by Gasteiger charge is 2.33. The fourth-order valence-electron chi connectivity index (χ4n) is 3.27. The molecule has 18 heavy (non-hydrogen) atoms. The Kier molecular flexibility index (Phi) is 5.11. The zero-order valence-electron chi connectivity index (χ0n) is 11.6. The van der Waals surface area contributed by atoms with E-state index in [-0.39, 0.29) is 0 Å². The highest BCUT2D eigenvalue weighted by Crippen LogP contribution is 2.46. The summed E-state index contributed by atoms with van der Waals surface area (Å²) < 4.78 is 0. The van der Waals surface area contributed by atoms with E-state index in [4.69, 9.17) is 11.6 Å². The molecule has 1 aliphatic rings. The lowest BCUT2D eigenvalue weighted by atomic mass is 9.70. The molecule has 1 nitrogen and oxygen atoms in total. The van der Waals surface area contributed by atoms with Crippen molar-refractivity contribution in [1.82, 2.24) is 5.32 Å². The van der Waals surface area contributed by atoms with Gasteiger partial charge in [-0.05, 0) is 68.0 Å². The molecule has 1 aromatic rings. The first-order valence-corrected chi connectivity index (χ1v) is 8.26. The van der Waals surface area contributed by atoms with E-state index in [2.05, 4.69) is 37.7 Å². The third-order valence-electron chi connectivity index (χ3n) is 4.42. The Bertz CT molecular complexity index is 374. The highest BCUT2D eigenvalue weighted by atomic mass is 35.5. The molecule has 102 valence electrons. The van der Waals surface area contributed by atoms with Gasteiger partial charge in [-0.1, -0.05) is 25.4 Å². The van der Waals surface area contributed by atoms with Crippen molar-refractivity contribution in [3.05, 3.63) is 21.3 Å². The summed E-state index contributed by atoms with van der Waals surface area (Å²) in [5, 5.41) is 6.47. The van der Waals surface area contributed by atoms with Crippen molar-refractivity contribution < 1.29 is 0 Å². The Hall–Kier alpha value is -0.0500. The van der Waals surface area contributed by atoms with Crippen LogP contribution in [0.5, 0.6) is 0 Å². The summed E-state index contributed by atoms with van der Waals surface area (Å²) in [5.41, 5.74) is 0. The third kappa shape index (κ3) is 3.09. The van der Waals surface area contributed by atoms with E-state index in [1.165, 1.54) is 24.1 Å². The number of thiophene rings is 1. The molecular formula is C15H24ClNS. The summed E-state index contributed by atoms with van der Waals surface area (Å²) in [5.74, 6) is 3.07. The van der Waals surface area contributed by atoms with Gasteiger partial charge < -0.3 is 5.32 Å². The predicted octanol–water partition coefficient (Wildman–Crippen LogP) is 4.78. The maximum Gasteiger partial charge on any atom is 0.0547 e. The van der Waals surface area contributed by atoms with E-state index in [9.17, 15) is 0 Å². The van der Waals surface area contributed by atoms with Crippen LogP contribution in [0, 0.1) is 17.8 Å². The van der Waals surface area contributed by atoms with Gasteiger partial charge in [0.1, 0.15) is 0 Å². The molecule has 1 N–H and O–H groups in total. The van der Waals surface area contributed by atoms with Gasteiger partial charge in [-0.15, -0.1) is 11.3 Å².